The standard InChI is InChI=1S/C20H18Cl2N2O3/c1-8(18(25)23-14-4-2-3-13(21)17(14)22)24-19(26)15-9-5-6-10(12-7-11(9)12)16(15)20(24)27/h2-6,8-12,15-16H,7H2,1H3,(H,23,25)/t8-,9+,10+,11-,12+,15-,16+/m1/s1. The zero-order valence-corrected chi connectivity index (χ0v) is 16.1. The number of benzene rings is 1. The molecule has 1 N–H and O–H groups in total. The first-order chi connectivity index (χ1) is 12.9. The van der Waals surface area contributed by atoms with Crippen molar-refractivity contribution in [3.63, 3.8) is 0 Å². The van der Waals surface area contributed by atoms with Crippen LogP contribution in [-0.2, 0) is 14.4 Å². The van der Waals surface area contributed by atoms with E-state index in [-0.39, 0.29) is 40.5 Å². The van der Waals surface area contributed by atoms with Gasteiger partial charge in [-0.1, -0.05) is 41.4 Å². The van der Waals surface area contributed by atoms with E-state index in [9.17, 15) is 14.4 Å². The Morgan fingerprint density at radius 1 is 1.11 bits per heavy atom. The van der Waals surface area contributed by atoms with Gasteiger partial charge < -0.3 is 5.32 Å². The predicted octanol–water partition coefficient (Wildman–Crippen LogP) is 3.37. The summed E-state index contributed by atoms with van der Waals surface area (Å²) in [6.45, 7) is 1.58. The van der Waals surface area contributed by atoms with Crippen LogP contribution in [0.25, 0.3) is 0 Å². The maximum absolute atomic E-state index is 13.1. The van der Waals surface area contributed by atoms with Crippen LogP contribution in [0.2, 0.25) is 10.0 Å². The van der Waals surface area contributed by atoms with Gasteiger partial charge in [-0.15, -0.1) is 0 Å². The van der Waals surface area contributed by atoms with E-state index in [2.05, 4.69) is 17.5 Å². The van der Waals surface area contributed by atoms with E-state index in [1.54, 1.807) is 25.1 Å². The number of amides is 3. The number of nitrogens with one attached hydrogen (secondary N) is 1. The van der Waals surface area contributed by atoms with Crippen molar-refractivity contribution in [3.05, 3.63) is 40.4 Å². The number of imide groups is 1. The average Bonchev–Trinajstić information content (AvgIpc) is 3.42. The van der Waals surface area contributed by atoms with Crippen LogP contribution in [0.5, 0.6) is 0 Å². The van der Waals surface area contributed by atoms with Crippen molar-refractivity contribution in [3.8, 4) is 0 Å². The summed E-state index contributed by atoms with van der Waals surface area (Å²) in [6.07, 6.45) is 5.34. The summed E-state index contributed by atoms with van der Waals surface area (Å²) in [5, 5.41) is 3.24. The van der Waals surface area contributed by atoms with Crippen LogP contribution in [0.15, 0.2) is 30.4 Å². The molecule has 3 amide bonds. The Morgan fingerprint density at radius 2 is 1.70 bits per heavy atom. The van der Waals surface area contributed by atoms with E-state index < -0.39 is 11.9 Å². The third-order valence-corrected chi connectivity index (χ3v) is 7.49. The third kappa shape index (κ3) is 2.34. The Bertz CT molecular complexity index is 878. The minimum Gasteiger partial charge on any atom is -0.323 e. The predicted molar refractivity (Wildman–Crippen MR) is 101 cm³/mol. The fourth-order valence-electron chi connectivity index (χ4n) is 5.32. The molecular weight excluding hydrogens is 387 g/mol. The number of carbonyl (C=O) groups excluding carboxylic acids is 3. The maximum atomic E-state index is 13.1. The molecule has 1 aromatic rings. The molecule has 0 unspecified atom stereocenters. The fourth-order valence-corrected chi connectivity index (χ4v) is 5.66. The molecule has 4 aliphatic carbocycles. The lowest BCUT2D eigenvalue weighted by atomic mass is 9.63. The molecule has 140 valence electrons. The Morgan fingerprint density at radius 3 is 2.30 bits per heavy atom. The molecule has 2 saturated carbocycles. The van der Waals surface area contributed by atoms with Crippen molar-refractivity contribution in [1.29, 1.82) is 0 Å². The van der Waals surface area contributed by atoms with Gasteiger partial charge >= 0.3 is 0 Å². The number of nitrogens with zero attached hydrogens (tertiary/aromatic N) is 1. The number of rotatable bonds is 3. The summed E-state index contributed by atoms with van der Waals surface area (Å²) < 4.78 is 0. The van der Waals surface area contributed by atoms with Gasteiger partial charge in [-0.05, 0) is 49.1 Å². The Labute approximate surface area is 166 Å². The van der Waals surface area contributed by atoms with Crippen LogP contribution in [-0.4, -0.2) is 28.7 Å². The van der Waals surface area contributed by atoms with E-state index in [0.717, 1.165) is 6.42 Å². The van der Waals surface area contributed by atoms with Gasteiger partial charge in [-0.25, -0.2) is 0 Å². The Balaban J connectivity index is 1.39. The summed E-state index contributed by atoms with van der Waals surface area (Å²) in [5.74, 6) is -0.135. The number of anilines is 1. The molecule has 6 rings (SSSR count). The molecule has 1 heterocycles. The average molecular weight is 405 g/mol. The number of likely N-dealkylation sites (tertiary alicyclic amines) is 1. The molecule has 0 spiro atoms. The van der Waals surface area contributed by atoms with Crippen molar-refractivity contribution in [1.82, 2.24) is 4.90 Å². The van der Waals surface area contributed by atoms with Gasteiger partial charge in [-0.2, -0.15) is 0 Å². The van der Waals surface area contributed by atoms with Crippen molar-refractivity contribution >= 4 is 46.6 Å². The van der Waals surface area contributed by atoms with E-state index in [0.29, 0.717) is 22.5 Å². The molecule has 1 saturated heterocycles. The van der Waals surface area contributed by atoms with E-state index >= 15 is 0 Å². The molecule has 5 aliphatic rings. The Kier molecular flexibility index (Phi) is 3.72. The second kappa shape index (κ2) is 5.82. The number of halogens is 2. The van der Waals surface area contributed by atoms with Gasteiger partial charge in [0.15, 0.2) is 0 Å². The number of allylic oxidation sites excluding steroid dienone is 2. The zero-order chi connectivity index (χ0) is 19.0. The maximum Gasteiger partial charge on any atom is 0.247 e. The third-order valence-electron chi connectivity index (χ3n) is 6.67. The molecule has 7 heteroatoms. The van der Waals surface area contributed by atoms with E-state index in [1.807, 2.05) is 0 Å². The molecule has 27 heavy (non-hydrogen) atoms. The smallest absolute Gasteiger partial charge is 0.247 e. The lowest BCUT2D eigenvalue weighted by Crippen LogP contribution is -2.46. The van der Waals surface area contributed by atoms with Gasteiger partial charge in [0.25, 0.3) is 0 Å². The molecular formula is C20H18Cl2N2O3. The van der Waals surface area contributed by atoms with Crippen molar-refractivity contribution < 1.29 is 14.4 Å². The van der Waals surface area contributed by atoms with Crippen LogP contribution >= 0.6 is 23.2 Å². The topological polar surface area (TPSA) is 66.5 Å². The minimum absolute atomic E-state index is 0.143. The van der Waals surface area contributed by atoms with Crippen molar-refractivity contribution in [2.75, 3.05) is 5.32 Å². The van der Waals surface area contributed by atoms with Crippen LogP contribution < -0.4 is 5.32 Å². The largest absolute Gasteiger partial charge is 0.323 e. The molecule has 1 aromatic carbocycles. The van der Waals surface area contributed by atoms with Crippen LogP contribution in [0, 0.1) is 35.5 Å². The molecule has 5 nitrogen and oxygen atoms in total. The molecule has 7 atom stereocenters. The summed E-state index contributed by atoms with van der Waals surface area (Å²) in [7, 11) is 0. The van der Waals surface area contributed by atoms with Crippen LogP contribution in [0.3, 0.4) is 0 Å². The van der Waals surface area contributed by atoms with E-state index in [4.69, 9.17) is 23.2 Å². The number of hydrogen-bond acceptors (Lipinski definition) is 3. The minimum atomic E-state index is -0.902. The summed E-state index contributed by atoms with van der Waals surface area (Å²) in [6, 6.07) is 4.02. The van der Waals surface area contributed by atoms with Crippen LogP contribution in [0.4, 0.5) is 5.69 Å². The van der Waals surface area contributed by atoms with Gasteiger partial charge in [0.05, 0.1) is 27.6 Å². The molecule has 2 bridgehead atoms. The lowest BCUT2D eigenvalue weighted by Gasteiger charge is -2.37. The molecule has 0 aromatic heterocycles. The van der Waals surface area contributed by atoms with Gasteiger partial charge in [0, 0.05) is 0 Å². The summed E-state index contributed by atoms with van der Waals surface area (Å²) in [4.78, 5) is 40.0. The molecule has 0 radical (unpaired) electrons. The lowest BCUT2D eigenvalue weighted by molar-refractivity contribution is -0.146. The quantitative estimate of drug-likeness (QED) is 0.620. The van der Waals surface area contributed by atoms with Crippen molar-refractivity contribution in [2.24, 2.45) is 35.5 Å². The summed E-state index contributed by atoms with van der Waals surface area (Å²) in [5.41, 5.74) is 0.362. The summed E-state index contributed by atoms with van der Waals surface area (Å²) >= 11 is 12.1. The van der Waals surface area contributed by atoms with Gasteiger partial charge in [-0.3, -0.25) is 19.3 Å². The highest BCUT2D eigenvalue weighted by Gasteiger charge is 2.67. The first kappa shape index (κ1) is 17.3. The first-order valence-electron chi connectivity index (χ1n) is 9.20. The van der Waals surface area contributed by atoms with Crippen molar-refractivity contribution in [2.45, 2.75) is 19.4 Å². The second-order valence-corrected chi connectivity index (χ2v) is 8.75. The monoisotopic (exact) mass is 404 g/mol. The number of carbonyl (C=O) groups is 3. The zero-order valence-electron chi connectivity index (χ0n) is 14.6. The Hall–Kier alpha value is -1.85. The number of hydrogen-bond donors (Lipinski definition) is 1. The van der Waals surface area contributed by atoms with Gasteiger partial charge in [0.2, 0.25) is 17.7 Å². The highest BCUT2D eigenvalue weighted by molar-refractivity contribution is 6.44. The molecule has 3 fully saturated rings. The molecule has 1 aliphatic heterocycles. The highest BCUT2D eigenvalue weighted by Crippen LogP contribution is 2.65. The second-order valence-electron chi connectivity index (χ2n) is 7.97. The highest BCUT2D eigenvalue weighted by atomic mass is 35.5. The van der Waals surface area contributed by atoms with Crippen LogP contribution in [0.1, 0.15) is 13.3 Å². The van der Waals surface area contributed by atoms with E-state index in [1.165, 1.54) is 4.90 Å². The first-order valence-corrected chi connectivity index (χ1v) is 9.96. The fraction of sp³-hybridized carbons (Fsp3) is 0.450. The van der Waals surface area contributed by atoms with Gasteiger partial charge in [0.1, 0.15) is 6.04 Å². The SMILES string of the molecule is C[C@H](C(=O)Nc1cccc(Cl)c1Cl)N1C(=O)[C@@H]2[C@H]3C=C[C@@H]([C@@H]4C[C@H]34)[C@@H]2C1=O. The normalized spacial score (nSPS) is 36.5.